The highest BCUT2D eigenvalue weighted by Gasteiger charge is 2.30. The Bertz CT molecular complexity index is 1070. The summed E-state index contributed by atoms with van der Waals surface area (Å²) in [4.78, 5) is 22.2. The van der Waals surface area contributed by atoms with E-state index in [1.165, 1.54) is 0 Å². The highest BCUT2D eigenvalue weighted by Crippen LogP contribution is 2.33. The molecule has 8 nitrogen and oxygen atoms in total. The van der Waals surface area contributed by atoms with Crippen molar-refractivity contribution in [2.24, 2.45) is 11.1 Å². The van der Waals surface area contributed by atoms with E-state index in [0.717, 1.165) is 25.9 Å². The molecule has 1 saturated heterocycles. The zero-order valence-corrected chi connectivity index (χ0v) is 16.9. The molecule has 3 aromatic rings. The molecule has 3 heterocycles. The van der Waals surface area contributed by atoms with E-state index in [9.17, 15) is 4.79 Å². The van der Waals surface area contributed by atoms with Crippen molar-refractivity contribution in [1.82, 2.24) is 20.2 Å². The van der Waals surface area contributed by atoms with Crippen LogP contribution in [0.15, 0.2) is 23.0 Å². The summed E-state index contributed by atoms with van der Waals surface area (Å²) in [6, 6.07) is 5.22. The summed E-state index contributed by atoms with van der Waals surface area (Å²) in [7, 11) is 0. The lowest BCUT2D eigenvalue weighted by Gasteiger charge is -2.38. The number of halogens is 2. The summed E-state index contributed by atoms with van der Waals surface area (Å²) in [6.45, 7) is 4.42. The number of hydrogen-bond donors (Lipinski definition) is 4. The summed E-state index contributed by atoms with van der Waals surface area (Å²) in [5.74, 6) is 0.934. The van der Waals surface area contributed by atoms with Crippen molar-refractivity contribution in [3.8, 4) is 0 Å². The molecule has 5 N–H and O–H groups in total. The smallest absolute Gasteiger partial charge is 0.265 e. The van der Waals surface area contributed by atoms with Gasteiger partial charge in [-0.1, -0.05) is 36.2 Å². The molecule has 0 aliphatic carbocycles. The summed E-state index contributed by atoms with van der Waals surface area (Å²) in [5, 5.41) is 11.2. The van der Waals surface area contributed by atoms with Gasteiger partial charge < -0.3 is 16.0 Å². The first-order chi connectivity index (χ1) is 13.4. The summed E-state index contributed by atoms with van der Waals surface area (Å²) < 4.78 is 0. The molecule has 0 spiro atoms. The number of H-pyrrole nitrogens is 2. The SMILES string of the molecule is CC1(CN)CCN(c2nc3n[nH]c(Nc4cccc(Cl)c4Cl)c3c(=O)[nH]2)CC1. The van der Waals surface area contributed by atoms with Gasteiger partial charge in [-0.2, -0.15) is 10.1 Å². The molecule has 0 amide bonds. The second-order valence-electron chi connectivity index (χ2n) is 7.41. The Morgan fingerprint density at radius 3 is 2.79 bits per heavy atom. The van der Waals surface area contributed by atoms with Crippen LogP contribution in [0.1, 0.15) is 19.8 Å². The van der Waals surface area contributed by atoms with Crippen LogP contribution in [0.25, 0.3) is 11.0 Å². The van der Waals surface area contributed by atoms with Gasteiger partial charge in [0.1, 0.15) is 11.2 Å². The second-order valence-corrected chi connectivity index (χ2v) is 8.20. The van der Waals surface area contributed by atoms with Gasteiger partial charge in [0.05, 0.1) is 15.7 Å². The van der Waals surface area contributed by atoms with Gasteiger partial charge >= 0.3 is 0 Å². The minimum atomic E-state index is -0.276. The second kappa shape index (κ2) is 7.27. The van der Waals surface area contributed by atoms with Crippen molar-refractivity contribution >= 4 is 51.7 Å². The molecule has 1 aliphatic heterocycles. The Hall–Kier alpha value is -2.29. The van der Waals surface area contributed by atoms with Crippen LogP contribution in [0.2, 0.25) is 10.0 Å². The van der Waals surface area contributed by atoms with E-state index in [0.29, 0.717) is 45.1 Å². The van der Waals surface area contributed by atoms with Gasteiger partial charge in [0.25, 0.3) is 5.56 Å². The maximum atomic E-state index is 12.7. The van der Waals surface area contributed by atoms with E-state index in [1.807, 2.05) is 0 Å². The normalized spacial score (nSPS) is 16.5. The lowest BCUT2D eigenvalue weighted by atomic mass is 9.81. The van der Waals surface area contributed by atoms with Gasteiger partial charge in [0.2, 0.25) is 5.95 Å². The lowest BCUT2D eigenvalue weighted by Crippen LogP contribution is -2.43. The largest absolute Gasteiger partial charge is 0.342 e. The molecule has 28 heavy (non-hydrogen) atoms. The van der Waals surface area contributed by atoms with Crippen molar-refractivity contribution in [2.45, 2.75) is 19.8 Å². The number of benzene rings is 1. The predicted molar refractivity (Wildman–Crippen MR) is 113 cm³/mol. The monoisotopic (exact) mass is 421 g/mol. The van der Waals surface area contributed by atoms with Crippen LogP contribution in [0.5, 0.6) is 0 Å². The van der Waals surface area contributed by atoms with Gasteiger partial charge in [0.15, 0.2) is 5.65 Å². The zero-order chi connectivity index (χ0) is 19.9. The van der Waals surface area contributed by atoms with Gasteiger partial charge in [-0.05, 0) is 36.9 Å². The third-order valence-electron chi connectivity index (χ3n) is 5.39. The van der Waals surface area contributed by atoms with E-state index in [4.69, 9.17) is 28.9 Å². The summed E-state index contributed by atoms with van der Waals surface area (Å²) in [6.07, 6.45) is 1.90. The fourth-order valence-electron chi connectivity index (χ4n) is 3.36. The molecule has 0 radical (unpaired) electrons. The van der Waals surface area contributed by atoms with Crippen molar-refractivity contribution in [2.75, 3.05) is 29.9 Å². The van der Waals surface area contributed by atoms with Crippen LogP contribution >= 0.6 is 23.2 Å². The van der Waals surface area contributed by atoms with Crippen molar-refractivity contribution in [3.05, 3.63) is 38.6 Å². The molecule has 148 valence electrons. The van der Waals surface area contributed by atoms with Gasteiger partial charge in [0, 0.05) is 13.1 Å². The first-order valence-electron chi connectivity index (χ1n) is 9.05. The number of aromatic amines is 2. The molecule has 0 unspecified atom stereocenters. The van der Waals surface area contributed by atoms with Gasteiger partial charge in [-0.25, -0.2) is 0 Å². The molecule has 0 bridgehead atoms. The first-order valence-corrected chi connectivity index (χ1v) is 9.80. The minimum Gasteiger partial charge on any atom is -0.342 e. The Balaban J connectivity index is 1.63. The highest BCUT2D eigenvalue weighted by molar-refractivity contribution is 6.43. The number of rotatable bonds is 4. The molecule has 0 atom stereocenters. The molecule has 4 rings (SSSR count). The van der Waals surface area contributed by atoms with E-state index >= 15 is 0 Å². The summed E-state index contributed by atoms with van der Waals surface area (Å²) in [5.41, 5.74) is 6.65. The van der Waals surface area contributed by atoms with E-state index < -0.39 is 0 Å². The van der Waals surface area contributed by atoms with Crippen molar-refractivity contribution in [1.29, 1.82) is 0 Å². The van der Waals surface area contributed by atoms with E-state index in [1.54, 1.807) is 18.2 Å². The molecule has 1 aliphatic rings. The first kappa shape index (κ1) is 19.0. The van der Waals surface area contributed by atoms with Crippen LogP contribution in [-0.4, -0.2) is 39.8 Å². The van der Waals surface area contributed by atoms with E-state index in [2.05, 4.69) is 37.3 Å². The zero-order valence-electron chi connectivity index (χ0n) is 15.4. The molecule has 1 aromatic carbocycles. The third-order valence-corrected chi connectivity index (χ3v) is 6.20. The molecular weight excluding hydrogens is 401 g/mol. The minimum absolute atomic E-state index is 0.139. The van der Waals surface area contributed by atoms with Gasteiger partial charge in [-0.15, -0.1) is 0 Å². The quantitative estimate of drug-likeness (QED) is 0.513. The standard InChI is InChI=1S/C18H21Cl2N7O/c1-18(9-21)5-7-27(8-6-18)17-23-15-12(16(28)24-17)14(25-26-15)22-11-4-2-3-10(19)13(11)20/h2-4H,5-9,21H2,1H3,(H3,22,23,24,25,26,28). The highest BCUT2D eigenvalue weighted by atomic mass is 35.5. The maximum absolute atomic E-state index is 12.7. The number of nitrogens with two attached hydrogens (primary N) is 1. The molecule has 0 saturated carbocycles. The van der Waals surface area contributed by atoms with Crippen LogP contribution in [0.4, 0.5) is 17.5 Å². The number of hydrogen-bond acceptors (Lipinski definition) is 6. The van der Waals surface area contributed by atoms with Crippen molar-refractivity contribution < 1.29 is 0 Å². The third kappa shape index (κ3) is 3.43. The van der Waals surface area contributed by atoms with Gasteiger partial charge in [-0.3, -0.25) is 14.9 Å². The number of nitrogens with one attached hydrogen (secondary N) is 3. The number of fused-ring (bicyclic) bond motifs is 1. The summed E-state index contributed by atoms with van der Waals surface area (Å²) >= 11 is 12.3. The average molecular weight is 422 g/mol. The molecule has 1 fully saturated rings. The maximum Gasteiger partial charge on any atom is 0.265 e. The number of aromatic nitrogens is 4. The Kier molecular flexibility index (Phi) is 4.95. The number of piperidine rings is 1. The average Bonchev–Trinajstić information content (AvgIpc) is 3.09. The molecule has 2 aromatic heterocycles. The molecular formula is C18H21Cl2N7O. The Morgan fingerprint density at radius 1 is 1.32 bits per heavy atom. The Labute approximate surface area is 171 Å². The van der Waals surface area contributed by atoms with E-state index in [-0.39, 0.29) is 11.0 Å². The van der Waals surface area contributed by atoms with Crippen molar-refractivity contribution in [3.63, 3.8) is 0 Å². The topological polar surface area (TPSA) is 116 Å². The lowest BCUT2D eigenvalue weighted by molar-refractivity contribution is 0.257. The fourth-order valence-corrected chi connectivity index (χ4v) is 3.71. The van der Waals surface area contributed by atoms with Crippen LogP contribution in [0.3, 0.4) is 0 Å². The predicted octanol–water partition coefficient (Wildman–Crippen LogP) is 3.26. The molecule has 10 heteroatoms. The number of anilines is 3. The van der Waals surface area contributed by atoms with Crippen LogP contribution in [0, 0.1) is 5.41 Å². The number of nitrogens with zero attached hydrogens (tertiary/aromatic N) is 3. The van der Waals surface area contributed by atoms with Crippen LogP contribution in [-0.2, 0) is 0 Å². The fraction of sp³-hybridized carbons (Fsp3) is 0.389. The Morgan fingerprint density at radius 2 is 2.07 bits per heavy atom. The van der Waals surface area contributed by atoms with Crippen LogP contribution < -0.4 is 21.5 Å².